The molecule has 96 valence electrons. The van der Waals surface area contributed by atoms with E-state index in [1.165, 1.54) is 19.3 Å². The van der Waals surface area contributed by atoms with Crippen LogP contribution in [0.1, 0.15) is 31.7 Å². The summed E-state index contributed by atoms with van der Waals surface area (Å²) in [5.74, 6) is 1.66. The molecule has 3 nitrogen and oxygen atoms in total. The maximum atomic E-state index is 8.56. The minimum absolute atomic E-state index is 0.109. The van der Waals surface area contributed by atoms with Crippen molar-refractivity contribution in [3.8, 4) is 11.8 Å². The van der Waals surface area contributed by atoms with Gasteiger partial charge in [-0.1, -0.05) is 25.1 Å². The van der Waals surface area contributed by atoms with Crippen molar-refractivity contribution in [2.45, 2.75) is 38.8 Å². The number of hydrogen-bond acceptors (Lipinski definition) is 3. The standard InChI is InChI=1S/C15H20N2O/c1-12-6-7-14(10-12)17-11-13-4-2-3-5-15(13)18-9-8-16/h2-5,12,14,17H,6-7,9-11H2,1H3. The summed E-state index contributed by atoms with van der Waals surface area (Å²) in [5.41, 5.74) is 1.13. The van der Waals surface area contributed by atoms with Crippen molar-refractivity contribution in [3.63, 3.8) is 0 Å². The van der Waals surface area contributed by atoms with Crippen molar-refractivity contribution in [2.24, 2.45) is 5.92 Å². The quantitative estimate of drug-likeness (QED) is 0.866. The van der Waals surface area contributed by atoms with Crippen LogP contribution in [0, 0.1) is 17.2 Å². The normalized spacial score (nSPS) is 22.7. The van der Waals surface area contributed by atoms with Crippen molar-refractivity contribution in [2.75, 3.05) is 6.61 Å². The average Bonchev–Trinajstić information content (AvgIpc) is 2.81. The third-order valence-electron chi connectivity index (χ3n) is 3.54. The Morgan fingerprint density at radius 3 is 2.94 bits per heavy atom. The molecule has 18 heavy (non-hydrogen) atoms. The van der Waals surface area contributed by atoms with E-state index >= 15 is 0 Å². The van der Waals surface area contributed by atoms with Gasteiger partial charge < -0.3 is 10.1 Å². The maximum Gasteiger partial charge on any atom is 0.174 e. The smallest absolute Gasteiger partial charge is 0.174 e. The molecule has 0 saturated heterocycles. The van der Waals surface area contributed by atoms with E-state index in [0.717, 1.165) is 23.8 Å². The molecule has 0 heterocycles. The molecule has 1 N–H and O–H groups in total. The average molecular weight is 244 g/mol. The molecule has 0 bridgehead atoms. The SMILES string of the molecule is CC1CCC(NCc2ccccc2OCC#N)C1. The third-order valence-corrected chi connectivity index (χ3v) is 3.54. The molecule has 0 spiro atoms. The van der Waals surface area contributed by atoms with Crippen LogP contribution in [0.3, 0.4) is 0 Å². The van der Waals surface area contributed by atoms with Gasteiger partial charge >= 0.3 is 0 Å². The van der Waals surface area contributed by atoms with E-state index < -0.39 is 0 Å². The van der Waals surface area contributed by atoms with E-state index in [0.29, 0.717) is 6.04 Å². The lowest BCUT2D eigenvalue weighted by molar-refractivity contribution is 0.361. The second-order valence-electron chi connectivity index (χ2n) is 5.05. The topological polar surface area (TPSA) is 45.0 Å². The predicted octanol–water partition coefficient (Wildman–Crippen LogP) is 2.87. The second kappa shape index (κ2) is 6.42. The molecule has 3 heteroatoms. The summed E-state index contributed by atoms with van der Waals surface area (Å²) in [5, 5.41) is 12.1. The fourth-order valence-electron chi connectivity index (χ4n) is 2.55. The summed E-state index contributed by atoms with van der Waals surface area (Å²) >= 11 is 0. The summed E-state index contributed by atoms with van der Waals surface area (Å²) in [6, 6.07) is 10.6. The van der Waals surface area contributed by atoms with Gasteiger partial charge in [0.2, 0.25) is 0 Å². The number of nitrogens with one attached hydrogen (secondary N) is 1. The molecule has 2 rings (SSSR count). The Labute approximate surface area is 109 Å². The molecule has 1 aliphatic carbocycles. The Kier molecular flexibility index (Phi) is 4.60. The second-order valence-corrected chi connectivity index (χ2v) is 5.05. The molecule has 1 aliphatic rings. The number of ether oxygens (including phenoxy) is 1. The van der Waals surface area contributed by atoms with Gasteiger partial charge in [0.05, 0.1) is 0 Å². The third kappa shape index (κ3) is 3.48. The first kappa shape index (κ1) is 12.9. The number of nitriles is 1. The molecular formula is C15H20N2O. The Morgan fingerprint density at radius 1 is 1.39 bits per heavy atom. The Bertz CT molecular complexity index is 425. The van der Waals surface area contributed by atoms with Crippen LogP contribution >= 0.6 is 0 Å². The highest BCUT2D eigenvalue weighted by Gasteiger charge is 2.20. The Morgan fingerprint density at radius 2 is 2.22 bits per heavy atom. The van der Waals surface area contributed by atoms with Crippen molar-refractivity contribution in [1.29, 1.82) is 5.26 Å². The Balaban J connectivity index is 1.90. The minimum atomic E-state index is 0.109. The molecule has 0 amide bonds. The van der Waals surface area contributed by atoms with Gasteiger partial charge in [-0.15, -0.1) is 0 Å². The number of rotatable bonds is 5. The van der Waals surface area contributed by atoms with Crippen LogP contribution in [0.4, 0.5) is 0 Å². The minimum Gasteiger partial charge on any atom is -0.478 e. The van der Waals surface area contributed by atoms with Crippen molar-refractivity contribution in [1.82, 2.24) is 5.32 Å². The molecule has 0 aromatic heterocycles. The van der Waals surface area contributed by atoms with Gasteiger partial charge in [0.25, 0.3) is 0 Å². The van der Waals surface area contributed by atoms with Crippen LogP contribution in [-0.4, -0.2) is 12.6 Å². The number of benzene rings is 1. The largest absolute Gasteiger partial charge is 0.478 e. The first-order chi connectivity index (χ1) is 8.79. The molecule has 1 aromatic rings. The summed E-state index contributed by atoms with van der Waals surface area (Å²) in [6.45, 7) is 3.24. The van der Waals surface area contributed by atoms with Gasteiger partial charge in [0.1, 0.15) is 11.8 Å². The molecule has 1 saturated carbocycles. The molecule has 0 aliphatic heterocycles. The predicted molar refractivity (Wildman–Crippen MR) is 71.2 cm³/mol. The van der Waals surface area contributed by atoms with Gasteiger partial charge in [-0.05, 0) is 31.2 Å². The molecule has 1 aromatic carbocycles. The lowest BCUT2D eigenvalue weighted by Gasteiger charge is -2.14. The summed E-state index contributed by atoms with van der Waals surface area (Å²) in [6.07, 6.45) is 3.86. The molecule has 0 radical (unpaired) electrons. The molecule has 2 unspecified atom stereocenters. The highest BCUT2D eigenvalue weighted by molar-refractivity contribution is 5.33. The van der Waals surface area contributed by atoms with Crippen LogP contribution in [0.5, 0.6) is 5.75 Å². The van der Waals surface area contributed by atoms with Gasteiger partial charge in [-0.3, -0.25) is 0 Å². The fraction of sp³-hybridized carbons (Fsp3) is 0.533. The van der Waals surface area contributed by atoms with E-state index in [-0.39, 0.29) is 6.61 Å². The van der Waals surface area contributed by atoms with Gasteiger partial charge in [0, 0.05) is 18.2 Å². The Hall–Kier alpha value is -1.53. The van der Waals surface area contributed by atoms with E-state index in [2.05, 4.69) is 18.3 Å². The first-order valence-electron chi connectivity index (χ1n) is 6.60. The van der Waals surface area contributed by atoms with Crippen molar-refractivity contribution >= 4 is 0 Å². The summed E-state index contributed by atoms with van der Waals surface area (Å²) < 4.78 is 5.42. The summed E-state index contributed by atoms with van der Waals surface area (Å²) in [4.78, 5) is 0. The highest BCUT2D eigenvalue weighted by Crippen LogP contribution is 2.25. The lowest BCUT2D eigenvalue weighted by Crippen LogP contribution is -2.26. The zero-order chi connectivity index (χ0) is 12.8. The van der Waals surface area contributed by atoms with Crippen LogP contribution in [0.15, 0.2) is 24.3 Å². The van der Waals surface area contributed by atoms with Gasteiger partial charge in [0.15, 0.2) is 6.61 Å². The van der Waals surface area contributed by atoms with Crippen LogP contribution in [0.2, 0.25) is 0 Å². The van der Waals surface area contributed by atoms with Gasteiger partial charge in [-0.2, -0.15) is 5.26 Å². The van der Waals surface area contributed by atoms with Gasteiger partial charge in [-0.25, -0.2) is 0 Å². The van der Waals surface area contributed by atoms with E-state index in [9.17, 15) is 0 Å². The first-order valence-corrected chi connectivity index (χ1v) is 6.60. The fourth-order valence-corrected chi connectivity index (χ4v) is 2.55. The zero-order valence-electron chi connectivity index (χ0n) is 10.9. The molecule has 1 fully saturated rings. The van der Waals surface area contributed by atoms with Crippen LogP contribution in [-0.2, 0) is 6.54 Å². The lowest BCUT2D eigenvalue weighted by atomic mass is 10.1. The number of hydrogen-bond donors (Lipinski definition) is 1. The highest BCUT2D eigenvalue weighted by atomic mass is 16.5. The molecular weight excluding hydrogens is 224 g/mol. The zero-order valence-corrected chi connectivity index (χ0v) is 10.9. The maximum absolute atomic E-state index is 8.56. The van der Waals surface area contributed by atoms with Crippen LogP contribution < -0.4 is 10.1 Å². The van der Waals surface area contributed by atoms with Crippen LogP contribution in [0.25, 0.3) is 0 Å². The van der Waals surface area contributed by atoms with Crippen molar-refractivity contribution in [3.05, 3.63) is 29.8 Å². The van der Waals surface area contributed by atoms with E-state index in [4.69, 9.17) is 10.00 Å². The number of nitrogens with zero attached hydrogens (tertiary/aromatic N) is 1. The van der Waals surface area contributed by atoms with Crippen molar-refractivity contribution < 1.29 is 4.74 Å². The number of para-hydroxylation sites is 1. The summed E-state index contributed by atoms with van der Waals surface area (Å²) in [7, 11) is 0. The monoisotopic (exact) mass is 244 g/mol. The molecule has 2 atom stereocenters. The van der Waals surface area contributed by atoms with E-state index in [1.807, 2.05) is 24.3 Å². The van der Waals surface area contributed by atoms with E-state index in [1.54, 1.807) is 0 Å².